The van der Waals surface area contributed by atoms with Gasteiger partial charge in [0.2, 0.25) is 17.7 Å². The van der Waals surface area contributed by atoms with E-state index in [2.05, 4.69) is 0 Å². The van der Waals surface area contributed by atoms with Gasteiger partial charge in [-0.2, -0.15) is 0 Å². The number of nitrogens with zero attached hydrogens (tertiary/aromatic N) is 1. The number of imide groups is 1. The van der Waals surface area contributed by atoms with E-state index < -0.39 is 17.7 Å². The smallest absolute Gasteiger partial charge is 0.237 e. The van der Waals surface area contributed by atoms with Gasteiger partial charge in [0.15, 0.2) is 0 Å². The van der Waals surface area contributed by atoms with Gasteiger partial charge >= 0.3 is 0 Å². The molecule has 0 saturated carbocycles. The van der Waals surface area contributed by atoms with Crippen LogP contribution in [0.4, 0.5) is 0 Å². The highest BCUT2D eigenvalue weighted by Crippen LogP contribution is 1.88. The van der Waals surface area contributed by atoms with E-state index in [9.17, 15) is 14.4 Å². The van der Waals surface area contributed by atoms with Crippen LogP contribution in [0.25, 0.3) is 0 Å². The zero-order valence-electron chi connectivity index (χ0n) is 6.46. The topological polar surface area (TPSA) is 80.5 Å². The lowest BCUT2D eigenvalue weighted by atomic mass is 10.4. The Bertz CT molecular complexity index is 186. The average molecular weight is 158 g/mol. The Labute approximate surface area is 64.1 Å². The minimum absolute atomic E-state index is 0.343. The number of amides is 3. The van der Waals surface area contributed by atoms with Gasteiger partial charge < -0.3 is 5.73 Å². The molecule has 5 nitrogen and oxygen atoms in total. The maximum atomic E-state index is 10.6. The first-order valence-electron chi connectivity index (χ1n) is 3.02. The van der Waals surface area contributed by atoms with Crippen molar-refractivity contribution in [3.05, 3.63) is 0 Å². The van der Waals surface area contributed by atoms with E-state index in [1.807, 2.05) is 0 Å². The Hall–Kier alpha value is -1.39. The Morgan fingerprint density at radius 1 is 1.18 bits per heavy atom. The normalized spacial score (nSPS) is 8.91. The van der Waals surface area contributed by atoms with Gasteiger partial charge in [-0.15, -0.1) is 0 Å². The number of primary amides is 1. The van der Waals surface area contributed by atoms with Crippen LogP contribution in [0.2, 0.25) is 0 Å². The SMILES string of the molecule is CC(=O)N(CC(N)=O)C(C)=O. The molecule has 0 aliphatic rings. The highest BCUT2D eigenvalue weighted by atomic mass is 16.2. The maximum absolute atomic E-state index is 10.6. The van der Waals surface area contributed by atoms with Crippen LogP contribution in [0, 0.1) is 0 Å². The summed E-state index contributed by atoms with van der Waals surface area (Å²) in [5, 5.41) is 0. The summed E-state index contributed by atoms with van der Waals surface area (Å²) in [5.41, 5.74) is 4.78. The Morgan fingerprint density at radius 2 is 1.55 bits per heavy atom. The highest BCUT2D eigenvalue weighted by Gasteiger charge is 2.14. The number of hydrogen-bond acceptors (Lipinski definition) is 3. The van der Waals surface area contributed by atoms with Gasteiger partial charge in [0.25, 0.3) is 0 Å². The van der Waals surface area contributed by atoms with Crippen molar-refractivity contribution in [2.75, 3.05) is 6.54 Å². The Balaban J connectivity index is 4.23. The second-order valence-corrected chi connectivity index (χ2v) is 2.09. The van der Waals surface area contributed by atoms with Crippen molar-refractivity contribution in [3.8, 4) is 0 Å². The molecule has 11 heavy (non-hydrogen) atoms. The van der Waals surface area contributed by atoms with Gasteiger partial charge in [-0.3, -0.25) is 19.3 Å². The third-order valence-corrected chi connectivity index (χ3v) is 1.07. The minimum atomic E-state index is -0.699. The van der Waals surface area contributed by atoms with Crippen molar-refractivity contribution in [2.45, 2.75) is 13.8 Å². The van der Waals surface area contributed by atoms with Gasteiger partial charge in [0.05, 0.1) is 0 Å². The fraction of sp³-hybridized carbons (Fsp3) is 0.500. The van der Waals surface area contributed by atoms with Crippen LogP contribution in [0.15, 0.2) is 0 Å². The molecule has 0 aromatic rings. The van der Waals surface area contributed by atoms with Crippen molar-refractivity contribution in [1.29, 1.82) is 0 Å². The molecule has 0 fully saturated rings. The van der Waals surface area contributed by atoms with Crippen LogP contribution in [0.1, 0.15) is 13.8 Å². The molecule has 2 N–H and O–H groups in total. The van der Waals surface area contributed by atoms with Crippen LogP contribution in [0.5, 0.6) is 0 Å². The molecule has 5 heteroatoms. The van der Waals surface area contributed by atoms with E-state index in [-0.39, 0.29) is 6.54 Å². The molecule has 62 valence electrons. The standard InChI is InChI=1S/C6H10N2O3/c1-4(9)8(5(2)10)3-6(7)11/h3H2,1-2H3,(H2,7,11). The van der Waals surface area contributed by atoms with E-state index in [1.165, 1.54) is 13.8 Å². The lowest BCUT2D eigenvalue weighted by Gasteiger charge is -2.13. The van der Waals surface area contributed by atoms with Gasteiger partial charge in [0, 0.05) is 13.8 Å². The van der Waals surface area contributed by atoms with Gasteiger partial charge in [0.1, 0.15) is 6.54 Å². The molecule has 0 bridgehead atoms. The van der Waals surface area contributed by atoms with Gasteiger partial charge in [-0.05, 0) is 0 Å². The minimum Gasteiger partial charge on any atom is -0.368 e. The molecule has 0 aliphatic heterocycles. The molecule has 0 spiro atoms. The molecule has 0 aliphatic carbocycles. The Morgan fingerprint density at radius 3 is 1.64 bits per heavy atom. The summed E-state index contributed by atoms with van der Waals surface area (Å²) in [6.45, 7) is 2.05. The summed E-state index contributed by atoms with van der Waals surface area (Å²) >= 11 is 0. The Kier molecular flexibility index (Phi) is 3.23. The van der Waals surface area contributed by atoms with Crippen molar-refractivity contribution in [1.82, 2.24) is 4.90 Å². The molecule has 0 heterocycles. The van der Waals surface area contributed by atoms with E-state index in [4.69, 9.17) is 5.73 Å². The zero-order valence-corrected chi connectivity index (χ0v) is 6.46. The molecule has 0 atom stereocenters. The summed E-state index contributed by atoms with van der Waals surface area (Å²) in [5.74, 6) is -1.65. The number of carbonyl (C=O) groups is 3. The summed E-state index contributed by atoms with van der Waals surface area (Å²) in [6.07, 6.45) is 0. The van der Waals surface area contributed by atoms with E-state index >= 15 is 0 Å². The summed E-state index contributed by atoms with van der Waals surface area (Å²) in [7, 11) is 0. The zero-order chi connectivity index (χ0) is 9.02. The molecular weight excluding hydrogens is 148 g/mol. The molecule has 0 aromatic heterocycles. The third kappa shape index (κ3) is 3.34. The first-order valence-corrected chi connectivity index (χ1v) is 3.02. The number of rotatable bonds is 2. The average Bonchev–Trinajstić information content (AvgIpc) is 1.81. The fourth-order valence-electron chi connectivity index (χ4n) is 0.600. The quantitative estimate of drug-likeness (QED) is 0.552. The van der Waals surface area contributed by atoms with Crippen LogP contribution < -0.4 is 5.73 Å². The summed E-state index contributed by atoms with van der Waals surface area (Å²) < 4.78 is 0. The number of carbonyl (C=O) groups excluding carboxylic acids is 3. The van der Waals surface area contributed by atoms with E-state index in [0.29, 0.717) is 0 Å². The van der Waals surface area contributed by atoms with E-state index in [1.54, 1.807) is 0 Å². The fourth-order valence-corrected chi connectivity index (χ4v) is 0.600. The van der Waals surface area contributed by atoms with Crippen LogP contribution in [-0.2, 0) is 14.4 Å². The van der Waals surface area contributed by atoms with Crippen LogP contribution >= 0.6 is 0 Å². The summed E-state index contributed by atoms with van der Waals surface area (Å²) in [4.78, 5) is 32.3. The molecule has 0 radical (unpaired) electrons. The second-order valence-electron chi connectivity index (χ2n) is 2.09. The predicted molar refractivity (Wildman–Crippen MR) is 37.3 cm³/mol. The third-order valence-electron chi connectivity index (χ3n) is 1.07. The van der Waals surface area contributed by atoms with Crippen molar-refractivity contribution < 1.29 is 14.4 Å². The van der Waals surface area contributed by atoms with Crippen molar-refractivity contribution in [3.63, 3.8) is 0 Å². The van der Waals surface area contributed by atoms with Crippen LogP contribution in [-0.4, -0.2) is 29.2 Å². The van der Waals surface area contributed by atoms with E-state index in [0.717, 1.165) is 4.90 Å². The molecule has 0 aromatic carbocycles. The summed E-state index contributed by atoms with van der Waals surface area (Å²) in [6, 6.07) is 0. The first-order chi connectivity index (χ1) is 4.95. The van der Waals surface area contributed by atoms with Crippen LogP contribution in [0.3, 0.4) is 0 Å². The maximum Gasteiger partial charge on any atom is 0.237 e. The lowest BCUT2D eigenvalue weighted by molar-refractivity contribution is -0.145. The first kappa shape index (κ1) is 9.61. The lowest BCUT2D eigenvalue weighted by Crippen LogP contribution is -2.40. The van der Waals surface area contributed by atoms with Gasteiger partial charge in [-0.25, -0.2) is 0 Å². The second kappa shape index (κ2) is 3.70. The molecular formula is C6H10N2O3. The molecule has 0 saturated heterocycles. The monoisotopic (exact) mass is 158 g/mol. The number of hydrogen-bond donors (Lipinski definition) is 1. The van der Waals surface area contributed by atoms with Crippen molar-refractivity contribution >= 4 is 17.7 Å². The predicted octanol–water partition coefficient (Wildman–Crippen LogP) is -1.13. The number of nitrogens with two attached hydrogens (primary N) is 1. The van der Waals surface area contributed by atoms with Crippen molar-refractivity contribution in [2.24, 2.45) is 5.73 Å². The molecule has 0 unspecified atom stereocenters. The molecule has 0 rings (SSSR count). The highest BCUT2D eigenvalue weighted by molar-refractivity contribution is 5.96. The van der Waals surface area contributed by atoms with Gasteiger partial charge in [-0.1, -0.05) is 0 Å². The molecule has 3 amide bonds. The largest absolute Gasteiger partial charge is 0.368 e.